The molecule has 0 atom stereocenters. The van der Waals surface area contributed by atoms with Crippen LogP contribution in [0, 0.1) is 0 Å². The molecule has 0 saturated carbocycles. The van der Waals surface area contributed by atoms with Gasteiger partial charge in [-0.2, -0.15) is 0 Å². The standard InChI is InChI=1S/C43H28N2.C36H23NO.C36H23NS/c1-3-13-29(14-4-1)31-23-25-37-38(27-31)43(36-20-8-7-19-35(36)42(37)30-15-5-2-6-16-30)39-26-24-32(28-44-39)45-40-21-11-9-17-33(40)34-18-10-12-22-41(34)45;2*1-2-12-24(13-3-1)35-27-16-4-6-18-29(27)36(30-19-7-5-17-28(30)35)33-22-23-34(38-33)37-31-20-10-8-14-25(31)26-15-9-11-21-32(26)37/h1-28H;2*1-23H. The third kappa shape index (κ3) is 11.9. The average Bonchev–Trinajstić information content (AvgIpc) is 1.20. The maximum atomic E-state index is 6.76. The lowest BCUT2D eigenvalue weighted by atomic mass is 9.86. The van der Waals surface area contributed by atoms with Crippen molar-refractivity contribution in [2.75, 3.05) is 0 Å². The Morgan fingerprint density at radius 2 is 0.512 bits per heavy atom. The molecule has 0 saturated heterocycles. The molecule has 0 aliphatic carbocycles. The molecule has 0 aliphatic rings. The van der Waals surface area contributed by atoms with Gasteiger partial charge in [0.15, 0.2) is 0 Å². The zero-order valence-corrected chi connectivity index (χ0v) is 66.6. The second-order valence-corrected chi connectivity index (χ2v) is 32.1. The summed E-state index contributed by atoms with van der Waals surface area (Å²) in [6.45, 7) is 0. The van der Waals surface area contributed by atoms with E-state index in [0.29, 0.717) is 0 Å². The minimum absolute atomic E-state index is 0.817. The molecular weight excluding hydrogens is 1490 g/mol. The van der Waals surface area contributed by atoms with Crippen LogP contribution in [0.2, 0.25) is 0 Å². The highest BCUT2D eigenvalue weighted by Gasteiger charge is 2.25. The van der Waals surface area contributed by atoms with Crippen molar-refractivity contribution in [3.63, 3.8) is 0 Å². The molecule has 0 bridgehead atoms. The zero-order valence-electron chi connectivity index (χ0n) is 65.8. The van der Waals surface area contributed by atoms with E-state index in [2.05, 4.69) is 457 Å². The van der Waals surface area contributed by atoms with E-state index >= 15 is 0 Å². The fraction of sp³-hybridized carbons (Fsp3) is 0. The number of rotatable bonds is 10. The maximum absolute atomic E-state index is 6.76. The molecule has 0 fully saturated rings. The lowest BCUT2D eigenvalue weighted by molar-refractivity contribution is 0.561. The maximum Gasteiger partial charge on any atom is 0.205 e. The van der Waals surface area contributed by atoms with Gasteiger partial charge in [0.2, 0.25) is 5.88 Å². The average molecular weight is 1560 g/mol. The Labute approximate surface area is 702 Å². The van der Waals surface area contributed by atoms with E-state index in [1.165, 1.54) is 179 Å². The number of hydrogen-bond acceptors (Lipinski definition) is 3. The molecule has 121 heavy (non-hydrogen) atoms. The second kappa shape index (κ2) is 29.8. The van der Waals surface area contributed by atoms with Crippen LogP contribution < -0.4 is 0 Å². The summed E-state index contributed by atoms with van der Waals surface area (Å²) in [5.74, 6) is 1.69. The molecule has 0 amide bonds. The first-order chi connectivity index (χ1) is 60.1. The van der Waals surface area contributed by atoms with Crippen LogP contribution in [0.3, 0.4) is 0 Å². The van der Waals surface area contributed by atoms with Crippen molar-refractivity contribution < 1.29 is 4.42 Å². The third-order valence-electron chi connectivity index (χ3n) is 24.3. The summed E-state index contributed by atoms with van der Waals surface area (Å²) in [6.07, 6.45) is 2.03. The number of hydrogen-bond donors (Lipinski definition) is 0. The topological polar surface area (TPSA) is 40.8 Å². The molecule has 5 nitrogen and oxygen atoms in total. The van der Waals surface area contributed by atoms with Crippen LogP contribution in [0.5, 0.6) is 0 Å². The number of pyridine rings is 1. The Hall–Kier alpha value is -15.7. The van der Waals surface area contributed by atoms with E-state index in [1.807, 2.05) is 17.5 Å². The minimum atomic E-state index is 0.817. The summed E-state index contributed by atoms with van der Waals surface area (Å²) in [4.78, 5) is 6.49. The zero-order chi connectivity index (χ0) is 79.9. The van der Waals surface area contributed by atoms with Gasteiger partial charge in [-0.25, -0.2) is 0 Å². The molecule has 566 valence electrons. The molecule has 25 aromatic rings. The number of benzene rings is 19. The van der Waals surface area contributed by atoms with Crippen LogP contribution in [-0.4, -0.2) is 18.7 Å². The largest absolute Gasteiger partial charge is 0.440 e. The second-order valence-electron chi connectivity index (χ2n) is 31.0. The van der Waals surface area contributed by atoms with Gasteiger partial charge in [0.25, 0.3) is 0 Å². The highest BCUT2D eigenvalue weighted by Crippen LogP contribution is 2.50. The van der Waals surface area contributed by atoms with Crippen molar-refractivity contribution >= 4 is 141 Å². The van der Waals surface area contributed by atoms with Crippen molar-refractivity contribution in [1.29, 1.82) is 0 Å². The van der Waals surface area contributed by atoms with Gasteiger partial charge in [0, 0.05) is 60.0 Å². The lowest BCUT2D eigenvalue weighted by Gasteiger charge is -2.18. The summed E-state index contributed by atoms with van der Waals surface area (Å²) in [5, 5.41) is 23.6. The van der Waals surface area contributed by atoms with E-state index in [-0.39, 0.29) is 0 Å². The summed E-state index contributed by atoms with van der Waals surface area (Å²) in [7, 11) is 0. The van der Waals surface area contributed by atoms with Crippen LogP contribution in [-0.2, 0) is 0 Å². The SMILES string of the molecule is c1ccc(-c2c3ccccc3c(-c3ccc(-n4c5ccccc5c5ccccc54)o3)c3ccccc23)cc1.c1ccc(-c2c3ccccc3c(-c3ccc(-n4c5ccccc5c5ccccc54)s3)c3ccccc23)cc1.c1ccc(-c2ccc3c(-c4ccccc4)c4ccccc4c(-c4ccc(-n5c6ccccc6c6ccccc65)cn4)c3c2)cc1. The molecule has 25 rings (SSSR count). The highest BCUT2D eigenvalue weighted by atomic mass is 32.1. The van der Waals surface area contributed by atoms with Crippen LogP contribution >= 0.6 is 11.3 Å². The number of nitrogens with zero attached hydrogens (tertiary/aromatic N) is 4. The Kier molecular flexibility index (Phi) is 17.4. The lowest BCUT2D eigenvalue weighted by Crippen LogP contribution is -1.97. The van der Waals surface area contributed by atoms with Crippen molar-refractivity contribution in [1.82, 2.24) is 18.7 Å². The van der Waals surface area contributed by atoms with Crippen LogP contribution in [0.15, 0.2) is 453 Å². The Morgan fingerprint density at radius 3 is 0.893 bits per heavy atom. The van der Waals surface area contributed by atoms with Crippen molar-refractivity contribution in [3.05, 3.63) is 449 Å². The summed E-state index contributed by atoms with van der Waals surface area (Å²) in [5.41, 5.74) is 22.7. The first-order valence-electron chi connectivity index (χ1n) is 41.3. The van der Waals surface area contributed by atoms with Gasteiger partial charge in [-0.3, -0.25) is 9.55 Å². The van der Waals surface area contributed by atoms with E-state index in [9.17, 15) is 0 Å². The van der Waals surface area contributed by atoms with Gasteiger partial charge >= 0.3 is 0 Å². The number of para-hydroxylation sites is 6. The summed E-state index contributed by atoms with van der Waals surface area (Å²) >= 11 is 1.87. The molecule has 0 radical (unpaired) electrons. The summed E-state index contributed by atoms with van der Waals surface area (Å²) in [6, 6.07) is 159. The number of furan rings is 1. The van der Waals surface area contributed by atoms with Crippen molar-refractivity contribution in [2.45, 2.75) is 0 Å². The minimum Gasteiger partial charge on any atom is -0.440 e. The molecule has 0 aliphatic heterocycles. The molecule has 0 unspecified atom stereocenters. The Balaban J connectivity index is 0.000000106. The van der Waals surface area contributed by atoms with Gasteiger partial charge in [-0.1, -0.05) is 364 Å². The van der Waals surface area contributed by atoms with Gasteiger partial charge in [-0.15, -0.1) is 11.3 Å². The van der Waals surface area contributed by atoms with Crippen LogP contribution in [0.4, 0.5) is 0 Å². The predicted octanol–water partition coefficient (Wildman–Crippen LogP) is 32.0. The molecular formula is C115H74N4OS. The molecule has 0 spiro atoms. The van der Waals surface area contributed by atoms with Gasteiger partial charge in [-0.05, 0) is 182 Å². The van der Waals surface area contributed by atoms with E-state index < -0.39 is 0 Å². The van der Waals surface area contributed by atoms with Gasteiger partial charge in [0.05, 0.1) is 50.7 Å². The third-order valence-corrected chi connectivity index (χ3v) is 25.4. The normalized spacial score (nSPS) is 11.6. The van der Waals surface area contributed by atoms with Gasteiger partial charge < -0.3 is 13.6 Å². The Morgan fingerprint density at radius 1 is 0.198 bits per heavy atom. The fourth-order valence-electron chi connectivity index (χ4n) is 19.2. The van der Waals surface area contributed by atoms with Crippen molar-refractivity contribution in [3.8, 4) is 94.1 Å². The fourth-order valence-corrected chi connectivity index (χ4v) is 20.3. The van der Waals surface area contributed by atoms with Crippen LogP contribution in [0.25, 0.3) is 224 Å². The smallest absolute Gasteiger partial charge is 0.205 e. The predicted molar refractivity (Wildman–Crippen MR) is 513 cm³/mol. The monoisotopic (exact) mass is 1560 g/mol. The van der Waals surface area contributed by atoms with Gasteiger partial charge in [0.1, 0.15) is 10.8 Å². The number of thiophene rings is 1. The highest BCUT2D eigenvalue weighted by molar-refractivity contribution is 7.18. The first-order valence-corrected chi connectivity index (χ1v) is 42.1. The molecule has 6 aromatic heterocycles. The van der Waals surface area contributed by atoms with E-state index in [4.69, 9.17) is 9.40 Å². The molecule has 0 N–H and O–H groups in total. The van der Waals surface area contributed by atoms with E-state index in [0.717, 1.165) is 45.2 Å². The molecule has 6 heteroatoms. The molecule has 6 heterocycles. The Bertz CT molecular complexity index is 7730. The number of fused-ring (bicyclic) bond motifs is 15. The first kappa shape index (κ1) is 70.7. The van der Waals surface area contributed by atoms with E-state index in [1.54, 1.807) is 0 Å². The number of aromatic nitrogens is 4. The quantitative estimate of drug-likeness (QED) is 0.128. The summed E-state index contributed by atoms with van der Waals surface area (Å²) < 4.78 is 13.7. The van der Waals surface area contributed by atoms with Crippen LogP contribution in [0.1, 0.15) is 0 Å². The molecule has 19 aromatic carbocycles. The van der Waals surface area contributed by atoms with Crippen molar-refractivity contribution in [2.24, 2.45) is 0 Å².